The largest absolute Gasteiger partial charge is 0.367 e. The fourth-order valence-electron chi connectivity index (χ4n) is 4.06. The van der Waals surface area contributed by atoms with Crippen LogP contribution in [0.15, 0.2) is 66.9 Å². The molecule has 3 aromatic rings. The highest BCUT2D eigenvalue weighted by molar-refractivity contribution is 6.42. The minimum absolute atomic E-state index is 0.195. The van der Waals surface area contributed by atoms with Crippen LogP contribution in [-0.4, -0.2) is 24.1 Å². The van der Waals surface area contributed by atoms with E-state index in [9.17, 15) is 0 Å². The van der Waals surface area contributed by atoms with Crippen molar-refractivity contribution >= 4 is 40.6 Å². The molecule has 0 amide bonds. The van der Waals surface area contributed by atoms with Crippen LogP contribution < -0.4 is 10.6 Å². The summed E-state index contributed by atoms with van der Waals surface area (Å²) < 4.78 is 0. The zero-order chi connectivity index (χ0) is 20.2. The lowest BCUT2D eigenvalue weighted by Gasteiger charge is -2.30. The van der Waals surface area contributed by atoms with Gasteiger partial charge in [0, 0.05) is 31.2 Å². The molecule has 0 aliphatic carbocycles. The van der Waals surface area contributed by atoms with E-state index in [4.69, 9.17) is 34.8 Å². The van der Waals surface area contributed by atoms with Gasteiger partial charge in [0.25, 0.3) is 0 Å². The molecule has 0 spiro atoms. The van der Waals surface area contributed by atoms with E-state index < -0.39 is 0 Å². The highest BCUT2D eigenvalue weighted by atomic mass is 35.5. The van der Waals surface area contributed by atoms with Gasteiger partial charge in [0.15, 0.2) is 0 Å². The summed E-state index contributed by atoms with van der Waals surface area (Å²) in [5, 5.41) is 9.03. The van der Waals surface area contributed by atoms with Crippen LogP contribution in [0.5, 0.6) is 0 Å². The Kier molecular flexibility index (Phi) is 6.61. The number of nitrogens with one attached hydrogen (secondary N) is 2. The molecule has 2 aromatic carbocycles. The second-order valence-electron chi connectivity index (χ2n) is 7.40. The molecule has 0 bridgehead atoms. The molecule has 4 rings (SSSR count). The minimum Gasteiger partial charge on any atom is -0.367 e. The smallest absolute Gasteiger partial charge is 0.126 e. The fraction of sp³-hybridized carbons (Fsp3) is 0.261. The molecular weight excluding hydrogens is 425 g/mol. The van der Waals surface area contributed by atoms with Crippen LogP contribution >= 0.6 is 34.8 Å². The first-order valence-corrected chi connectivity index (χ1v) is 10.8. The Morgan fingerprint density at radius 1 is 0.966 bits per heavy atom. The van der Waals surface area contributed by atoms with Gasteiger partial charge in [0.05, 0.1) is 15.1 Å². The van der Waals surface area contributed by atoms with Gasteiger partial charge in [-0.25, -0.2) is 4.98 Å². The van der Waals surface area contributed by atoms with Crippen molar-refractivity contribution in [1.29, 1.82) is 0 Å². The number of hydrogen-bond donors (Lipinski definition) is 2. The Bertz CT molecular complexity index is 947. The van der Waals surface area contributed by atoms with Crippen LogP contribution in [0, 0.1) is 5.92 Å². The van der Waals surface area contributed by atoms with Crippen molar-refractivity contribution < 1.29 is 0 Å². The molecule has 1 aromatic heterocycles. The van der Waals surface area contributed by atoms with Gasteiger partial charge in [-0.1, -0.05) is 71.2 Å². The molecule has 2 N–H and O–H groups in total. The molecule has 0 saturated carbocycles. The number of aromatic nitrogens is 1. The lowest BCUT2D eigenvalue weighted by atomic mass is 9.81. The lowest BCUT2D eigenvalue weighted by molar-refractivity contribution is 0.434. The van der Waals surface area contributed by atoms with Gasteiger partial charge < -0.3 is 10.6 Å². The number of nitrogens with zero attached hydrogens (tertiary/aromatic N) is 1. The van der Waals surface area contributed by atoms with Gasteiger partial charge in [-0.2, -0.15) is 0 Å². The summed E-state index contributed by atoms with van der Waals surface area (Å²) in [6, 6.07) is 20.5. The van der Waals surface area contributed by atoms with Crippen LogP contribution in [0.25, 0.3) is 0 Å². The molecule has 1 saturated heterocycles. The summed E-state index contributed by atoms with van der Waals surface area (Å²) >= 11 is 18.5. The third kappa shape index (κ3) is 5.04. The van der Waals surface area contributed by atoms with Gasteiger partial charge >= 0.3 is 0 Å². The molecule has 1 fully saturated rings. The standard InChI is InChI=1S/C23H22Cl3N3/c24-17-7-9-23(28-12-17)29-22(10-15-4-2-1-3-5-15)19-14-27-13-18(19)16-6-8-20(25)21(26)11-16/h1-9,11-12,18-19,22,27H,10,13-14H2,(H,28,29). The molecule has 1 aliphatic rings. The quantitative estimate of drug-likeness (QED) is 0.482. The fourth-order valence-corrected chi connectivity index (χ4v) is 4.48. The molecule has 2 heterocycles. The Labute approximate surface area is 186 Å². The lowest BCUT2D eigenvalue weighted by Crippen LogP contribution is -2.35. The average molecular weight is 447 g/mol. The van der Waals surface area contributed by atoms with Crippen LogP contribution in [0.1, 0.15) is 17.0 Å². The van der Waals surface area contributed by atoms with Crippen LogP contribution in [-0.2, 0) is 6.42 Å². The maximum absolute atomic E-state index is 6.30. The predicted molar refractivity (Wildman–Crippen MR) is 122 cm³/mol. The predicted octanol–water partition coefficient (Wildman–Crippen LogP) is 6.07. The zero-order valence-corrected chi connectivity index (χ0v) is 18.1. The maximum atomic E-state index is 6.30. The maximum Gasteiger partial charge on any atom is 0.126 e. The summed E-state index contributed by atoms with van der Waals surface area (Å²) in [7, 11) is 0. The average Bonchev–Trinajstić information content (AvgIpc) is 3.22. The zero-order valence-electron chi connectivity index (χ0n) is 15.8. The Balaban J connectivity index is 1.62. The number of rotatable bonds is 6. The third-order valence-electron chi connectivity index (χ3n) is 5.51. The molecule has 3 nitrogen and oxygen atoms in total. The summed E-state index contributed by atoms with van der Waals surface area (Å²) in [5.41, 5.74) is 2.50. The molecule has 1 aliphatic heterocycles. The highest BCUT2D eigenvalue weighted by Crippen LogP contribution is 2.35. The number of halogens is 3. The van der Waals surface area contributed by atoms with Crippen LogP contribution in [0.2, 0.25) is 15.1 Å². The van der Waals surface area contributed by atoms with E-state index in [1.807, 2.05) is 30.3 Å². The second-order valence-corrected chi connectivity index (χ2v) is 8.66. The van der Waals surface area contributed by atoms with Crippen molar-refractivity contribution in [2.24, 2.45) is 5.92 Å². The van der Waals surface area contributed by atoms with E-state index in [2.05, 4.69) is 45.9 Å². The van der Waals surface area contributed by atoms with Gasteiger partial charge in [-0.3, -0.25) is 0 Å². The molecule has 150 valence electrons. The number of hydrogen-bond acceptors (Lipinski definition) is 3. The highest BCUT2D eigenvalue weighted by Gasteiger charge is 2.35. The van der Waals surface area contributed by atoms with E-state index in [0.717, 1.165) is 25.3 Å². The van der Waals surface area contributed by atoms with Gasteiger partial charge in [0.1, 0.15) is 5.82 Å². The van der Waals surface area contributed by atoms with E-state index in [1.54, 1.807) is 6.20 Å². The first-order valence-electron chi connectivity index (χ1n) is 9.68. The Hall–Kier alpha value is -1.78. The normalized spacial score (nSPS) is 19.8. The number of benzene rings is 2. The first-order chi connectivity index (χ1) is 14.1. The molecule has 0 radical (unpaired) electrons. The van der Waals surface area contributed by atoms with Crippen molar-refractivity contribution in [3.05, 3.63) is 93.1 Å². The van der Waals surface area contributed by atoms with Crippen molar-refractivity contribution in [2.45, 2.75) is 18.4 Å². The van der Waals surface area contributed by atoms with E-state index in [0.29, 0.717) is 26.9 Å². The van der Waals surface area contributed by atoms with E-state index in [-0.39, 0.29) is 6.04 Å². The number of pyridine rings is 1. The topological polar surface area (TPSA) is 37.0 Å². The Morgan fingerprint density at radius 3 is 2.52 bits per heavy atom. The summed E-state index contributed by atoms with van der Waals surface area (Å²) in [5.74, 6) is 1.53. The van der Waals surface area contributed by atoms with E-state index >= 15 is 0 Å². The minimum atomic E-state index is 0.195. The van der Waals surface area contributed by atoms with Crippen molar-refractivity contribution in [3.8, 4) is 0 Å². The first kappa shape index (κ1) is 20.5. The van der Waals surface area contributed by atoms with Crippen molar-refractivity contribution in [2.75, 3.05) is 18.4 Å². The van der Waals surface area contributed by atoms with Crippen LogP contribution in [0.4, 0.5) is 5.82 Å². The third-order valence-corrected chi connectivity index (χ3v) is 6.47. The summed E-state index contributed by atoms with van der Waals surface area (Å²) in [4.78, 5) is 4.45. The van der Waals surface area contributed by atoms with Crippen molar-refractivity contribution in [1.82, 2.24) is 10.3 Å². The summed E-state index contributed by atoms with van der Waals surface area (Å²) in [6.45, 7) is 1.83. The van der Waals surface area contributed by atoms with Crippen LogP contribution in [0.3, 0.4) is 0 Å². The SMILES string of the molecule is Clc1ccc(NC(Cc2ccccc2)C2CNCC2c2ccc(Cl)c(Cl)c2)nc1. The van der Waals surface area contributed by atoms with Gasteiger partial charge in [-0.05, 0) is 47.7 Å². The molecule has 29 heavy (non-hydrogen) atoms. The molecule has 3 unspecified atom stereocenters. The monoisotopic (exact) mass is 445 g/mol. The molecule has 6 heteroatoms. The van der Waals surface area contributed by atoms with E-state index in [1.165, 1.54) is 11.1 Å². The van der Waals surface area contributed by atoms with Crippen molar-refractivity contribution in [3.63, 3.8) is 0 Å². The molecule has 3 atom stereocenters. The summed E-state index contributed by atoms with van der Waals surface area (Å²) in [6.07, 6.45) is 2.57. The number of anilines is 1. The second kappa shape index (κ2) is 9.36. The van der Waals surface area contributed by atoms with Gasteiger partial charge in [0.2, 0.25) is 0 Å². The molecular formula is C23H22Cl3N3. The van der Waals surface area contributed by atoms with Gasteiger partial charge in [-0.15, -0.1) is 0 Å². The Morgan fingerprint density at radius 2 is 1.79 bits per heavy atom.